The second-order valence-electron chi connectivity index (χ2n) is 4.04. The number of allylic oxidation sites excluding steroid dienone is 2. The van der Waals surface area contributed by atoms with Crippen molar-refractivity contribution in [1.82, 2.24) is 0 Å². The molecule has 1 nitrogen and oxygen atoms in total. The summed E-state index contributed by atoms with van der Waals surface area (Å²) in [5.74, 6) is 0.708. The molecule has 1 atom stereocenters. The summed E-state index contributed by atoms with van der Waals surface area (Å²) >= 11 is 0. The molecule has 0 aliphatic rings. The van der Waals surface area contributed by atoms with Crippen molar-refractivity contribution in [2.45, 2.75) is 58.8 Å². The summed E-state index contributed by atoms with van der Waals surface area (Å²) in [4.78, 5) is 10.1. The highest BCUT2D eigenvalue weighted by atomic mass is 16.1. The van der Waals surface area contributed by atoms with Crippen molar-refractivity contribution in [1.29, 1.82) is 0 Å². The van der Waals surface area contributed by atoms with Crippen molar-refractivity contribution < 1.29 is 4.79 Å². The van der Waals surface area contributed by atoms with Crippen molar-refractivity contribution in [2.75, 3.05) is 0 Å². The molecule has 0 bridgehead atoms. The molecule has 0 amide bonds. The lowest BCUT2D eigenvalue weighted by molar-refractivity contribution is -0.108. The van der Waals surface area contributed by atoms with Crippen LogP contribution >= 0.6 is 0 Å². The number of carbonyl (C=O) groups excluding carboxylic acids is 1. The minimum atomic E-state index is 0.708. The molecule has 14 heavy (non-hydrogen) atoms. The van der Waals surface area contributed by atoms with Crippen LogP contribution in [0.25, 0.3) is 0 Å². The number of hydrogen-bond donors (Lipinski definition) is 0. The predicted octanol–water partition coefficient (Wildman–Crippen LogP) is 4.13. The number of carbonyl (C=O) groups is 1. The van der Waals surface area contributed by atoms with Gasteiger partial charge in [0.2, 0.25) is 0 Å². The molecule has 0 rings (SSSR count). The van der Waals surface area contributed by atoms with Crippen LogP contribution < -0.4 is 0 Å². The lowest BCUT2D eigenvalue weighted by atomic mass is 9.99. The maximum absolute atomic E-state index is 10.1. The van der Waals surface area contributed by atoms with E-state index in [9.17, 15) is 4.79 Å². The molecule has 0 aromatic carbocycles. The standard InChI is InChI=1S/C13H24O/c1-3-4-5-6-7-8-10-13(2)11-9-12-14/h5-6,12-13H,3-4,7-11H2,1-2H3/b6-5+. The monoisotopic (exact) mass is 196 g/mol. The zero-order valence-electron chi connectivity index (χ0n) is 9.67. The third-order valence-electron chi connectivity index (χ3n) is 2.47. The molecule has 82 valence electrons. The third kappa shape index (κ3) is 9.50. The van der Waals surface area contributed by atoms with E-state index in [-0.39, 0.29) is 0 Å². The fourth-order valence-corrected chi connectivity index (χ4v) is 1.48. The molecule has 0 heterocycles. The van der Waals surface area contributed by atoms with Crippen molar-refractivity contribution in [2.24, 2.45) is 5.92 Å². The van der Waals surface area contributed by atoms with Gasteiger partial charge >= 0.3 is 0 Å². The Morgan fingerprint density at radius 2 is 1.79 bits per heavy atom. The molecule has 0 fully saturated rings. The highest BCUT2D eigenvalue weighted by molar-refractivity contribution is 5.49. The lowest BCUT2D eigenvalue weighted by Crippen LogP contribution is -1.94. The molecular formula is C13H24O. The zero-order valence-corrected chi connectivity index (χ0v) is 9.67. The number of hydrogen-bond acceptors (Lipinski definition) is 1. The van der Waals surface area contributed by atoms with Crippen LogP contribution in [0.2, 0.25) is 0 Å². The normalized spacial score (nSPS) is 13.3. The van der Waals surface area contributed by atoms with Gasteiger partial charge in [0.05, 0.1) is 0 Å². The van der Waals surface area contributed by atoms with Crippen LogP contribution in [0.5, 0.6) is 0 Å². The van der Waals surface area contributed by atoms with Gasteiger partial charge in [0, 0.05) is 6.42 Å². The lowest BCUT2D eigenvalue weighted by Gasteiger charge is -2.07. The van der Waals surface area contributed by atoms with Crippen LogP contribution in [0.3, 0.4) is 0 Å². The molecule has 0 N–H and O–H groups in total. The minimum Gasteiger partial charge on any atom is -0.303 e. The Labute approximate surface area is 88.6 Å². The van der Waals surface area contributed by atoms with E-state index >= 15 is 0 Å². The van der Waals surface area contributed by atoms with Gasteiger partial charge in [-0.2, -0.15) is 0 Å². The van der Waals surface area contributed by atoms with Gasteiger partial charge in [0.15, 0.2) is 0 Å². The SMILES string of the molecule is CCC/C=C/CCCC(C)CCC=O. The highest BCUT2D eigenvalue weighted by Gasteiger charge is 1.99. The van der Waals surface area contributed by atoms with Gasteiger partial charge < -0.3 is 4.79 Å². The second kappa shape index (κ2) is 10.5. The Balaban J connectivity index is 3.21. The van der Waals surface area contributed by atoms with Gasteiger partial charge in [-0.05, 0) is 31.6 Å². The number of aldehydes is 1. The van der Waals surface area contributed by atoms with Crippen LogP contribution in [0.15, 0.2) is 12.2 Å². The van der Waals surface area contributed by atoms with E-state index in [1.165, 1.54) is 32.1 Å². The number of unbranched alkanes of at least 4 members (excludes halogenated alkanes) is 2. The van der Waals surface area contributed by atoms with Gasteiger partial charge in [0.1, 0.15) is 6.29 Å². The Morgan fingerprint density at radius 3 is 2.43 bits per heavy atom. The van der Waals surface area contributed by atoms with Crippen LogP contribution in [0.1, 0.15) is 58.8 Å². The molecule has 0 radical (unpaired) electrons. The maximum Gasteiger partial charge on any atom is 0.120 e. The van der Waals surface area contributed by atoms with Gasteiger partial charge in [-0.3, -0.25) is 0 Å². The average Bonchev–Trinajstić information content (AvgIpc) is 2.20. The van der Waals surface area contributed by atoms with E-state index in [0.717, 1.165) is 19.1 Å². The van der Waals surface area contributed by atoms with Crippen molar-refractivity contribution in [3.8, 4) is 0 Å². The summed E-state index contributed by atoms with van der Waals surface area (Å²) in [6, 6.07) is 0. The molecule has 0 aliphatic carbocycles. The minimum absolute atomic E-state index is 0.708. The van der Waals surface area contributed by atoms with E-state index in [1.807, 2.05) is 0 Å². The number of rotatable bonds is 9. The van der Waals surface area contributed by atoms with Gasteiger partial charge in [0.25, 0.3) is 0 Å². The molecule has 1 unspecified atom stereocenters. The smallest absolute Gasteiger partial charge is 0.120 e. The van der Waals surface area contributed by atoms with E-state index in [1.54, 1.807) is 0 Å². The van der Waals surface area contributed by atoms with Crippen molar-refractivity contribution in [3.63, 3.8) is 0 Å². The first kappa shape index (κ1) is 13.4. The van der Waals surface area contributed by atoms with Crippen LogP contribution in [0, 0.1) is 5.92 Å². The molecule has 0 saturated carbocycles. The Hall–Kier alpha value is -0.590. The first-order valence-corrected chi connectivity index (χ1v) is 5.89. The first-order chi connectivity index (χ1) is 6.81. The summed E-state index contributed by atoms with van der Waals surface area (Å²) < 4.78 is 0. The third-order valence-corrected chi connectivity index (χ3v) is 2.47. The Morgan fingerprint density at radius 1 is 1.07 bits per heavy atom. The van der Waals surface area contributed by atoms with Gasteiger partial charge in [-0.25, -0.2) is 0 Å². The summed E-state index contributed by atoms with van der Waals surface area (Å²) in [7, 11) is 0. The van der Waals surface area contributed by atoms with Gasteiger partial charge in [-0.1, -0.05) is 38.8 Å². The van der Waals surface area contributed by atoms with E-state index < -0.39 is 0 Å². The summed E-state index contributed by atoms with van der Waals surface area (Å²) in [5, 5.41) is 0. The molecule has 0 aromatic heterocycles. The first-order valence-electron chi connectivity index (χ1n) is 5.89. The average molecular weight is 196 g/mol. The quantitative estimate of drug-likeness (QED) is 0.308. The molecule has 0 aliphatic heterocycles. The van der Waals surface area contributed by atoms with Crippen LogP contribution in [-0.2, 0) is 4.79 Å². The van der Waals surface area contributed by atoms with Crippen LogP contribution in [-0.4, -0.2) is 6.29 Å². The van der Waals surface area contributed by atoms with Crippen molar-refractivity contribution >= 4 is 6.29 Å². The largest absolute Gasteiger partial charge is 0.303 e. The fraction of sp³-hybridized carbons (Fsp3) is 0.769. The zero-order chi connectivity index (χ0) is 10.6. The Bertz CT molecular complexity index is 149. The second-order valence-corrected chi connectivity index (χ2v) is 4.04. The van der Waals surface area contributed by atoms with Gasteiger partial charge in [-0.15, -0.1) is 0 Å². The fourth-order valence-electron chi connectivity index (χ4n) is 1.48. The van der Waals surface area contributed by atoms with E-state index in [0.29, 0.717) is 5.92 Å². The van der Waals surface area contributed by atoms with E-state index in [4.69, 9.17) is 0 Å². The predicted molar refractivity (Wildman–Crippen MR) is 62.4 cm³/mol. The summed E-state index contributed by atoms with van der Waals surface area (Å²) in [5.41, 5.74) is 0. The molecule has 0 spiro atoms. The van der Waals surface area contributed by atoms with Crippen LogP contribution in [0.4, 0.5) is 0 Å². The Kier molecular flexibility index (Phi) is 10.0. The molecule has 0 saturated heterocycles. The highest BCUT2D eigenvalue weighted by Crippen LogP contribution is 2.13. The summed E-state index contributed by atoms with van der Waals surface area (Å²) in [6.45, 7) is 4.44. The molecular weight excluding hydrogens is 172 g/mol. The maximum atomic E-state index is 10.1. The molecule has 0 aromatic rings. The summed E-state index contributed by atoms with van der Waals surface area (Å²) in [6.07, 6.45) is 13.5. The van der Waals surface area contributed by atoms with Crippen molar-refractivity contribution in [3.05, 3.63) is 12.2 Å². The molecule has 1 heteroatoms. The van der Waals surface area contributed by atoms with E-state index in [2.05, 4.69) is 26.0 Å². The topological polar surface area (TPSA) is 17.1 Å².